The zero-order valence-corrected chi connectivity index (χ0v) is 15.4. The number of hydrogen-bond donors (Lipinski definition) is 0. The van der Waals surface area contributed by atoms with Crippen molar-refractivity contribution in [3.63, 3.8) is 0 Å². The van der Waals surface area contributed by atoms with Crippen molar-refractivity contribution in [1.29, 1.82) is 0 Å². The molecular formula is C14H22O10S. The van der Waals surface area contributed by atoms with Gasteiger partial charge in [-0.1, -0.05) is 0 Å². The maximum absolute atomic E-state index is 11.4. The number of carbonyl (C=O) groups excluding carboxylic acids is 2. The van der Waals surface area contributed by atoms with Crippen LogP contribution < -0.4 is 0 Å². The van der Waals surface area contributed by atoms with Crippen LogP contribution in [0.25, 0.3) is 0 Å². The maximum Gasteiger partial charge on any atom is 0.303 e. The fraction of sp³-hybridized carbons (Fsp3) is 0.857. The third kappa shape index (κ3) is 5.35. The van der Waals surface area contributed by atoms with E-state index in [0.717, 1.165) is 13.2 Å². The van der Waals surface area contributed by atoms with Crippen LogP contribution in [-0.2, 0) is 47.6 Å². The molecule has 0 aromatic carbocycles. The van der Waals surface area contributed by atoms with Crippen molar-refractivity contribution >= 4 is 22.1 Å². The van der Waals surface area contributed by atoms with Gasteiger partial charge in [0.05, 0.1) is 6.26 Å². The summed E-state index contributed by atoms with van der Waals surface area (Å²) < 4.78 is 54.5. The first kappa shape index (κ1) is 20.0. The predicted octanol–water partition coefficient (Wildman–Crippen LogP) is -0.298. The first-order valence-corrected chi connectivity index (χ1v) is 9.39. The third-order valence-corrected chi connectivity index (χ3v) is 4.02. The Hall–Kier alpha value is -1.27. The molecule has 11 heteroatoms. The van der Waals surface area contributed by atoms with Crippen LogP contribution in [0, 0.1) is 0 Å². The number of ether oxygens (including phenoxy) is 5. The van der Waals surface area contributed by atoms with Crippen molar-refractivity contribution in [3.8, 4) is 0 Å². The molecule has 0 spiro atoms. The van der Waals surface area contributed by atoms with E-state index < -0.39 is 65.2 Å². The zero-order valence-electron chi connectivity index (χ0n) is 14.6. The summed E-state index contributed by atoms with van der Waals surface area (Å²) in [7, 11) is -3.78. The van der Waals surface area contributed by atoms with Crippen molar-refractivity contribution in [2.75, 3.05) is 12.9 Å². The molecule has 2 rings (SSSR count). The van der Waals surface area contributed by atoms with E-state index in [2.05, 4.69) is 0 Å². The van der Waals surface area contributed by atoms with Gasteiger partial charge in [-0.3, -0.25) is 13.8 Å². The lowest BCUT2D eigenvalue weighted by molar-refractivity contribution is -0.233. The first-order valence-electron chi connectivity index (χ1n) is 7.58. The van der Waals surface area contributed by atoms with Crippen LogP contribution in [0.3, 0.4) is 0 Å². The molecule has 10 nitrogen and oxygen atoms in total. The zero-order chi connectivity index (χ0) is 19.0. The van der Waals surface area contributed by atoms with E-state index in [1.165, 1.54) is 6.92 Å². The van der Waals surface area contributed by atoms with Gasteiger partial charge in [-0.2, -0.15) is 8.42 Å². The predicted molar refractivity (Wildman–Crippen MR) is 80.6 cm³/mol. The molecule has 0 saturated carbocycles. The van der Waals surface area contributed by atoms with Crippen LogP contribution in [-0.4, -0.2) is 69.7 Å². The highest BCUT2D eigenvalue weighted by Crippen LogP contribution is 2.40. The van der Waals surface area contributed by atoms with E-state index in [1.54, 1.807) is 13.8 Å². The average molecular weight is 382 g/mol. The Labute approximate surface area is 145 Å². The van der Waals surface area contributed by atoms with Gasteiger partial charge in [0.25, 0.3) is 10.1 Å². The normalized spacial score (nSPS) is 32.0. The quantitative estimate of drug-likeness (QED) is 0.447. The molecule has 0 aliphatic carbocycles. The van der Waals surface area contributed by atoms with Crippen LogP contribution >= 0.6 is 0 Å². The van der Waals surface area contributed by atoms with Gasteiger partial charge >= 0.3 is 11.9 Å². The van der Waals surface area contributed by atoms with Crippen LogP contribution in [0.1, 0.15) is 27.7 Å². The van der Waals surface area contributed by atoms with Gasteiger partial charge in [0.2, 0.25) is 0 Å². The minimum Gasteiger partial charge on any atom is -0.457 e. The van der Waals surface area contributed by atoms with E-state index in [0.29, 0.717) is 0 Å². The SMILES string of the molecule is CC(=O)O[C@H]1[C@@H]2OC(C)(C)O[C@@H]2O[C@@H]1[C@@H](COS(C)(=O)=O)OC(C)=O. The minimum atomic E-state index is -3.78. The van der Waals surface area contributed by atoms with E-state index >= 15 is 0 Å². The molecule has 0 amide bonds. The third-order valence-electron chi connectivity index (χ3n) is 3.46. The van der Waals surface area contributed by atoms with Gasteiger partial charge in [-0.15, -0.1) is 0 Å². The number of esters is 2. The van der Waals surface area contributed by atoms with E-state index in [9.17, 15) is 18.0 Å². The number of hydrogen-bond acceptors (Lipinski definition) is 10. The molecule has 144 valence electrons. The molecule has 25 heavy (non-hydrogen) atoms. The summed E-state index contributed by atoms with van der Waals surface area (Å²) in [6.45, 7) is 5.21. The van der Waals surface area contributed by atoms with Gasteiger partial charge in [-0.05, 0) is 13.8 Å². The summed E-state index contributed by atoms with van der Waals surface area (Å²) in [6.07, 6.45) is -3.86. The number of carbonyl (C=O) groups is 2. The number of rotatable bonds is 6. The monoisotopic (exact) mass is 382 g/mol. The molecule has 5 atom stereocenters. The largest absolute Gasteiger partial charge is 0.457 e. The topological polar surface area (TPSA) is 124 Å². The molecule has 0 aromatic heterocycles. The molecular weight excluding hydrogens is 360 g/mol. The van der Waals surface area contributed by atoms with E-state index in [-0.39, 0.29) is 0 Å². The Balaban J connectivity index is 2.22. The van der Waals surface area contributed by atoms with Crippen LogP contribution in [0.5, 0.6) is 0 Å². The van der Waals surface area contributed by atoms with Gasteiger partial charge in [-0.25, -0.2) is 0 Å². The second-order valence-electron chi connectivity index (χ2n) is 6.28. The van der Waals surface area contributed by atoms with Crippen LogP contribution in [0.2, 0.25) is 0 Å². The van der Waals surface area contributed by atoms with Crippen molar-refractivity contribution in [1.82, 2.24) is 0 Å². The van der Waals surface area contributed by atoms with Gasteiger partial charge in [0.1, 0.15) is 12.7 Å². The average Bonchev–Trinajstić information content (AvgIpc) is 2.86. The van der Waals surface area contributed by atoms with Gasteiger partial charge in [0.15, 0.2) is 30.4 Å². The smallest absolute Gasteiger partial charge is 0.303 e. The maximum atomic E-state index is 11.4. The Morgan fingerprint density at radius 2 is 1.80 bits per heavy atom. The molecule has 0 bridgehead atoms. The Morgan fingerprint density at radius 3 is 2.32 bits per heavy atom. The molecule has 0 N–H and O–H groups in total. The fourth-order valence-electron chi connectivity index (χ4n) is 2.73. The Bertz CT molecular complexity index is 628. The van der Waals surface area contributed by atoms with Crippen LogP contribution in [0.4, 0.5) is 0 Å². The molecule has 0 radical (unpaired) electrons. The van der Waals surface area contributed by atoms with E-state index in [1.807, 2.05) is 0 Å². The highest BCUT2D eigenvalue weighted by Gasteiger charge is 2.59. The fourth-order valence-corrected chi connectivity index (χ4v) is 3.11. The second kappa shape index (κ2) is 7.16. The molecule has 2 fully saturated rings. The summed E-state index contributed by atoms with van der Waals surface area (Å²) in [6, 6.07) is 0. The molecule has 0 aromatic rings. The standard InChI is InChI=1S/C14H22O10S/c1-7(15)20-9(6-19-25(5,17)18)10-11(21-8(2)16)12-13(22-10)24-14(3,4)23-12/h9-13H,6H2,1-5H3/t9-,10-,11-,12+,13+/m1/s1. The summed E-state index contributed by atoms with van der Waals surface area (Å²) in [4.78, 5) is 22.8. The summed E-state index contributed by atoms with van der Waals surface area (Å²) in [5.74, 6) is -2.22. The summed E-state index contributed by atoms with van der Waals surface area (Å²) in [5.41, 5.74) is 0. The highest BCUT2D eigenvalue weighted by atomic mass is 32.2. The minimum absolute atomic E-state index is 0.496. The number of fused-ring (bicyclic) bond motifs is 1. The first-order chi connectivity index (χ1) is 11.4. The lowest BCUT2D eigenvalue weighted by Gasteiger charge is -2.29. The van der Waals surface area contributed by atoms with Crippen molar-refractivity contribution in [2.45, 2.75) is 64.2 Å². The molecule has 2 aliphatic heterocycles. The lowest BCUT2D eigenvalue weighted by Crippen LogP contribution is -2.47. The Kier molecular flexibility index (Phi) is 5.74. The molecule has 0 unspecified atom stereocenters. The lowest BCUT2D eigenvalue weighted by atomic mass is 10.1. The molecule has 2 heterocycles. The highest BCUT2D eigenvalue weighted by molar-refractivity contribution is 7.85. The summed E-state index contributed by atoms with van der Waals surface area (Å²) >= 11 is 0. The second-order valence-corrected chi connectivity index (χ2v) is 7.92. The van der Waals surface area contributed by atoms with Crippen molar-refractivity contribution in [2.24, 2.45) is 0 Å². The van der Waals surface area contributed by atoms with Gasteiger partial charge in [0, 0.05) is 13.8 Å². The Morgan fingerprint density at radius 1 is 1.16 bits per heavy atom. The molecule has 2 aliphatic rings. The van der Waals surface area contributed by atoms with Gasteiger partial charge < -0.3 is 23.7 Å². The van der Waals surface area contributed by atoms with Crippen molar-refractivity contribution < 1.29 is 45.9 Å². The van der Waals surface area contributed by atoms with E-state index in [4.69, 9.17) is 27.9 Å². The summed E-state index contributed by atoms with van der Waals surface area (Å²) in [5, 5.41) is 0. The van der Waals surface area contributed by atoms with Crippen molar-refractivity contribution in [3.05, 3.63) is 0 Å². The van der Waals surface area contributed by atoms with Crippen LogP contribution in [0.15, 0.2) is 0 Å². The molecule has 2 saturated heterocycles.